The van der Waals surface area contributed by atoms with Crippen LogP contribution in [0.3, 0.4) is 0 Å². The molecule has 1 aliphatic rings. The van der Waals surface area contributed by atoms with E-state index in [0.717, 1.165) is 30.9 Å². The number of hydrogen-bond donors (Lipinski definition) is 1. The minimum Gasteiger partial charge on any atom is -0.481 e. The van der Waals surface area contributed by atoms with Gasteiger partial charge in [0.25, 0.3) is 0 Å². The Labute approximate surface area is 117 Å². The number of likely N-dealkylation sites (tertiary alicyclic amines) is 1. The molecular weight excluding hydrogens is 254 g/mol. The fourth-order valence-electron chi connectivity index (χ4n) is 2.60. The minimum atomic E-state index is -0.702. The van der Waals surface area contributed by atoms with Gasteiger partial charge in [-0.3, -0.25) is 9.69 Å². The highest BCUT2D eigenvalue weighted by molar-refractivity contribution is 5.67. The standard InChI is InChI=1S/C15H17N3O2/c19-15(20)6-12-8-17(9-12)10-13-7-16-18(11-13)14-4-2-1-3-5-14/h1-5,7,11-12H,6,8-10H2,(H,19,20). The van der Waals surface area contributed by atoms with Crippen LogP contribution >= 0.6 is 0 Å². The molecule has 0 bridgehead atoms. The molecule has 0 saturated carbocycles. The number of rotatable bonds is 5. The average Bonchev–Trinajstić information content (AvgIpc) is 2.85. The van der Waals surface area contributed by atoms with Gasteiger partial charge in [-0.2, -0.15) is 5.10 Å². The van der Waals surface area contributed by atoms with E-state index >= 15 is 0 Å². The van der Waals surface area contributed by atoms with Crippen LogP contribution in [0.4, 0.5) is 0 Å². The highest BCUT2D eigenvalue weighted by Crippen LogP contribution is 2.21. The molecule has 1 fully saturated rings. The molecule has 2 aromatic rings. The monoisotopic (exact) mass is 271 g/mol. The Balaban J connectivity index is 1.56. The predicted molar refractivity (Wildman–Crippen MR) is 74.6 cm³/mol. The first-order valence-corrected chi connectivity index (χ1v) is 6.74. The molecule has 5 nitrogen and oxygen atoms in total. The van der Waals surface area contributed by atoms with Crippen molar-refractivity contribution in [3.8, 4) is 5.69 Å². The van der Waals surface area contributed by atoms with E-state index in [-0.39, 0.29) is 6.42 Å². The van der Waals surface area contributed by atoms with E-state index in [1.165, 1.54) is 0 Å². The van der Waals surface area contributed by atoms with Gasteiger partial charge < -0.3 is 5.11 Å². The number of carboxylic acids is 1. The molecule has 0 amide bonds. The number of carbonyl (C=O) groups is 1. The van der Waals surface area contributed by atoms with Crippen LogP contribution in [0.5, 0.6) is 0 Å². The summed E-state index contributed by atoms with van der Waals surface area (Å²) in [6, 6.07) is 9.99. The summed E-state index contributed by atoms with van der Waals surface area (Å²) in [7, 11) is 0. The van der Waals surface area contributed by atoms with E-state index in [0.29, 0.717) is 5.92 Å². The van der Waals surface area contributed by atoms with Crippen LogP contribution in [-0.2, 0) is 11.3 Å². The second kappa shape index (κ2) is 5.46. The number of carboxylic acid groups (broad SMARTS) is 1. The second-order valence-electron chi connectivity index (χ2n) is 5.29. The minimum absolute atomic E-state index is 0.278. The molecule has 0 atom stereocenters. The lowest BCUT2D eigenvalue weighted by Gasteiger charge is -2.38. The largest absolute Gasteiger partial charge is 0.481 e. The Hall–Kier alpha value is -2.14. The van der Waals surface area contributed by atoms with Crippen LogP contribution in [0.2, 0.25) is 0 Å². The molecule has 0 aliphatic carbocycles. The van der Waals surface area contributed by atoms with Gasteiger partial charge in [-0.05, 0) is 18.1 Å². The lowest BCUT2D eigenvalue weighted by molar-refractivity contribution is -0.139. The first kappa shape index (κ1) is 12.9. The molecule has 1 aliphatic heterocycles. The number of para-hydroxylation sites is 1. The molecular formula is C15H17N3O2. The fraction of sp³-hybridized carbons (Fsp3) is 0.333. The van der Waals surface area contributed by atoms with Gasteiger partial charge >= 0.3 is 5.97 Å². The van der Waals surface area contributed by atoms with E-state index in [2.05, 4.69) is 10.00 Å². The molecule has 1 aromatic carbocycles. The number of hydrogen-bond acceptors (Lipinski definition) is 3. The first-order valence-electron chi connectivity index (χ1n) is 6.74. The third-order valence-electron chi connectivity index (χ3n) is 3.56. The summed E-state index contributed by atoms with van der Waals surface area (Å²) in [4.78, 5) is 12.8. The van der Waals surface area contributed by atoms with Gasteiger partial charge in [0.2, 0.25) is 0 Å². The van der Waals surface area contributed by atoms with Gasteiger partial charge in [0.15, 0.2) is 0 Å². The highest BCUT2D eigenvalue weighted by Gasteiger charge is 2.28. The van der Waals surface area contributed by atoms with Crippen LogP contribution in [0.15, 0.2) is 42.7 Å². The van der Waals surface area contributed by atoms with Crippen LogP contribution in [0.25, 0.3) is 5.69 Å². The summed E-state index contributed by atoms with van der Waals surface area (Å²) in [6.45, 7) is 2.56. The Morgan fingerprint density at radius 1 is 1.30 bits per heavy atom. The van der Waals surface area contributed by atoms with E-state index in [9.17, 15) is 4.79 Å². The lowest BCUT2D eigenvalue weighted by Crippen LogP contribution is -2.46. The van der Waals surface area contributed by atoms with E-state index in [1.54, 1.807) is 0 Å². The third kappa shape index (κ3) is 2.88. The number of benzene rings is 1. The quantitative estimate of drug-likeness (QED) is 0.900. The smallest absolute Gasteiger partial charge is 0.303 e. The predicted octanol–water partition coefficient (Wildman–Crippen LogP) is 1.78. The molecule has 0 spiro atoms. The van der Waals surface area contributed by atoms with Crippen molar-refractivity contribution in [2.75, 3.05) is 13.1 Å². The van der Waals surface area contributed by atoms with Gasteiger partial charge in [-0.25, -0.2) is 4.68 Å². The number of aliphatic carboxylic acids is 1. The van der Waals surface area contributed by atoms with Crippen molar-refractivity contribution in [1.29, 1.82) is 0 Å². The van der Waals surface area contributed by atoms with Gasteiger partial charge in [-0.15, -0.1) is 0 Å². The zero-order valence-electron chi connectivity index (χ0n) is 11.1. The summed E-state index contributed by atoms with van der Waals surface area (Å²) in [5.74, 6) is -0.400. The molecule has 1 aromatic heterocycles. The Bertz CT molecular complexity index is 588. The van der Waals surface area contributed by atoms with Crippen molar-refractivity contribution in [3.63, 3.8) is 0 Å². The summed E-state index contributed by atoms with van der Waals surface area (Å²) in [6.07, 6.45) is 4.18. The lowest BCUT2D eigenvalue weighted by atomic mass is 9.96. The third-order valence-corrected chi connectivity index (χ3v) is 3.56. The number of aromatic nitrogens is 2. The highest BCUT2D eigenvalue weighted by atomic mass is 16.4. The molecule has 0 unspecified atom stereocenters. The van der Waals surface area contributed by atoms with Crippen molar-refractivity contribution in [2.24, 2.45) is 5.92 Å². The molecule has 1 saturated heterocycles. The number of nitrogens with zero attached hydrogens (tertiary/aromatic N) is 3. The van der Waals surface area contributed by atoms with E-state index in [4.69, 9.17) is 5.11 Å². The topological polar surface area (TPSA) is 58.4 Å². The van der Waals surface area contributed by atoms with Crippen LogP contribution in [0, 0.1) is 5.92 Å². The maximum absolute atomic E-state index is 10.6. The van der Waals surface area contributed by atoms with Crippen molar-refractivity contribution >= 4 is 5.97 Å². The Morgan fingerprint density at radius 2 is 2.05 bits per heavy atom. The Morgan fingerprint density at radius 3 is 2.75 bits per heavy atom. The van der Waals surface area contributed by atoms with Crippen molar-refractivity contribution in [3.05, 3.63) is 48.3 Å². The van der Waals surface area contributed by atoms with Crippen molar-refractivity contribution in [2.45, 2.75) is 13.0 Å². The maximum atomic E-state index is 10.6. The summed E-state index contributed by atoms with van der Waals surface area (Å²) in [5, 5.41) is 13.1. The summed E-state index contributed by atoms with van der Waals surface area (Å²) < 4.78 is 1.86. The average molecular weight is 271 g/mol. The van der Waals surface area contributed by atoms with E-state index in [1.807, 2.05) is 47.4 Å². The molecule has 104 valence electrons. The zero-order valence-corrected chi connectivity index (χ0v) is 11.1. The van der Waals surface area contributed by atoms with Gasteiger partial charge in [0.05, 0.1) is 18.3 Å². The first-order chi connectivity index (χ1) is 9.70. The van der Waals surface area contributed by atoms with Gasteiger partial charge in [-0.1, -0.05) is 18.2 Å². The second-order valence-corrected chi connectivity index (χ2v) is 5.29. The molecule has 2 heterocycles. The van der Waals surface area contributed by atoms with Crippen LogP contribution < -0.4 is 0 Å². The molecule has 5 heteroatoms. The molecule has 20 heavy (non-hydrogen) atoms. The van der Waals surface area contributed by atoms with Crippen molar-refractivity contribution in [1.82, 2.24) is 14.7 Å². The van der Waals surface area contributed by atoms with Gasteiger partial charge in [0, 0.05) is 31.4 Å². The molecule has 1 N–H and O–H groups in total. The summed E-state index contributed by atoms with van der Waals surface area (Å²) >= 11 is 0. The van der Waals surface area contributed by atoms with Gasteiger partial charge in [0.1, 0.15) is 0 Å². The van der Waals surface area contributed by atoms with E-state index < -0.39 is 5.97 Å². The fourth-order valence-corrected chi connectivity index (χ4v) is 2.60. The maximum Gasteiger partial charge on any atom is 0.303 e. The summed E-state index contributed by atoms with van der Waals surface area (Å²) in [5.41, 5.74) is 2.20. The zero-order chi connectivity index (χ0) is 13.9. The van der Waals surface area contributed by atoms with Crippen LogP contribution in [0.1, 0.15) is 12.0 Å². The normalized spacial score (nSPS) is 16.0. The molecule has 0 radical (unpaired) electrons. The SMILES string of the molecule is O=C(O)CC1CN(Cc2cnn(-c3ccccc3)c2)C1. The molecule has 3 rings (SSSR count). The van der Waals surface area contributed by atoms with Crippen molar-refractivity contribution < 1.29 is 9.90 Å². The van der Waals surface area contributed by atoms with Crippen LogP contribution in [-0.4, -0.2) is 38.8 Å². The Kier molecular flexibility index (Phi) is 3.52.